The van der Waals surface area contributed by atoms with Crippen molar-refractivity contribution in [2.24, 2.45) is 5.92 Å². The smallest absolute Gasteiger partial charge is 0.0809 e. The summed E-state index contributed by atoms with van der Waals surface area (Å²) < 4.78 is 1.14. The molecule has 0 aromatic carbocycles. The molecular formula is C27H58ClN. The van der Waals surface area contributed by atoms with Gasteiger partial charge in [0.2, 0.25) is 0 Å². The van der Waals surface area contributed by atoms with Crippen LogP contribution in [0.1, 0.15) is 142 Å². The second kappa shape index (κ2) is 22.9. The molecule has 178 valence electrons. The second-order valence-corrected chi connectivity index (χ2v) is 10.6. The Hall–Kier alpha value is 0.250. The zero-order valence-electron chi connectivity index (χ0n) is 21.3. The minimum Gasteiger partial charge on any atom is -1.00 e. The highest BCUT2D eigenvalue weighted by Gasteiger charge is 2.17. The van der Waals surface area contributed by atoms with Crippen LogP contribution in [0.3, 0.4) is 0 Å². The predicted molar refractivity (Wildman–Crippen MR) is 130 cm³/mol. The molecule has 0 aliphatic rings. The molecule has 0 aliphatic heterocycles. The lowest BCUT2D eigenvalue weighted by Crippen LogP contribution is -3.00. The van der Waals surface area contributed by atoms with Crippen LogP contribution in [0.4, 0.5) is 0 Å². The van der Waals surface area contributed by atoms with Crippen molar-refractivity contribution < 1.29 is 16.9 Å². The Morgan fingerprint density at radius 2 is 0.724 bits per heavy atom. The first-order valence-corrected chi connectivity index (χ1v) is 13.3. The van der Waals surface area contributed by atoms with E-state index in [-0.39, 0.29) is 12.4 Å². The van der Waals surface area contributed by atoms with E-state index in [1.54, 1.807) is 0 Å². The summed E-state index contributed by atoms with van der Waals surface area (Å²) in [7, 11) is 7.12. The van der Waals surface area contributed by atoms with Crippen LogP contribution in [0.25, 0.3) is 0 Å². The number of hydrogen-bond donors (Lipinski definition) is 0. The van der Waals surface area contributed by atoms with Gasteiger partial charge in [-0.05, 0) is 12.8 Å². The van der Waals surface area contributed by atoms with Crippen molar-refractivity contribution in [2.45, 2.75) is 142 Å². The lowest BCUT2D eigenvalue weighted by molar-refractivity contribution is -0.874. The highest BCUT2D eigenvalue weighted by molar-refractivity contribution is 4.61. The Labute approximate surface area is 192 Å². The highest BCUT2D eigenvalue weighted by Crippen LogP contribution is 2.21. The number of hydrogen-bond acceptors (Lipinski definition) is 0. The molecule has 0 saturated carbocycles. The van der Waals surface area contributed by atoms with Gasteiger partial charge in [-0.2, -0.15) is 0 Å². The van der Waals surface area contributed by atoms with Crippen molar-refractivity contribution in [3.63, 3.8) is 0 Å². The number of rotatable bonds is 22. The summed E-state index contributed by atoms with van der Waals surface area (Å²) in [4.78, 5) is 0. The average molecular weight is 432 g/mol. The van der Waals surface area contributed by atoms with Crippen molar-refractivity contribution in [3.8, 4) is 0 Å². The van der Waals surface area contributed by atoms with E-state index in [1.807, 2.05) is 0 Å². The quantitative estimate of drug-likeness (QED) is 0.142. The molecule has 0 amide bonds. The molecule has 29 heavy (non-hydrogen) atoms. The summed E-state index contributed by atoms with van der Waals surface area (Å²) in [6, 6.07) is 0. The van der Waals surface area contributed by atoms with Crippen molar-refractivity contribution in [3.05, 3.63) is 0 Å². The molecule has 0 saturated heterocycles. The minimum atomic E-state index is 0. The molecule has 1 unspecified atom stereocenters. The van der Waals surface area contributed by atoms with Gasteiger partial charge < -0.3 is 16.9 Å². The van der Waals surface area contributed by atoms with Crippen LogP contribution >= 0.6 is 0 Å². The van der Waals surface area contributed by atoms with Gasteiger partial charge in [0.15, 0.2) is 0 Å². The Bertz CT molecular complexity index is 297. The summed E-state index contributed by atoms with van der Waals surface area (Å²) in [6.07, 6.45) is 29.1. The normalized spacial score (nSPS) is 12.7. The maximum Gasteiger partial charge on any atom is 0.0809 e. The van der Waals surface area contributed by atoms with Crippen LogP contribution in [0.2, 0.25) is 0 Å². The largest absolute Gasteiger partial charge is 1.00 e. The molecule has 0 bridgehead atoms. The molecule has 1 nitrogen and oxygen atoms in total. The van der Waals surface area contributed by atoms with Crippen LogP contribution in [-0.2, 0) is 0 Å². The molecule has 0 N–H and O–H groups in total. The van der Waals surface area contributed by atoms with E-state index in [1.165, 1.54) is 135 Å². The van der Waals surface area contributed by atoms with Crippen LogP contribution in [0.5, 0.6) is 0 Å². The first-order valence-electron chi connectivity index (χ1n) is 13.3. The molecule has 2 heteroatoms. The first kappa shape index (κ1) is 31.4. The van der Waals surface area contributed by atoms with Crippen molar-refractivity contribution in [2.75, 3.05) is 27.7 Å². The Morgan fingerprint density at radius 1 is 0.448 bits per heavy atom. The fraction of sp³-hybridized carbons (Fsp3) is 1.00. The molecule has 1 atom stereocenters. The fourth-order valence-electron chi connectivity index (χ4n) is 4.59. The molecule has 0 radical (unpaired) electrons. The summed E-state index contributed by atoms with van der Waals surface area (Å²) in [5, 5.41) is 0. The molecule has 0 aromatic rings. The summed E-state index contributed by atoms with van der Waals surface area (Å²) in [6.45, 7) is 5.98. The predicted octanol–water partition coefficient (Wildman–Crippen LogP) is 6.15. The third kappa shape index (κ3) is 26.2. The van der Waals surface area contributed by atoms with Gasteiger partial charge in [-0.15, -0.1) is 0 Å². The van der Waals surface area contributed by atoms with E-state index in [0.29, 0.717) is 0 Å². The van der Waals surface area contributed by atoms with E-state index >= 15 is 0 Å². The summed E-state index contributed by atoms with van der Waals surface area (Å²) in [5.74, 6) is 0.953. The fourth-order valence-corrected chi connectivity index (χ4v) is 4.59. The second-order valence-electron chi connectivity index (χ2n) is 10.6. The molecular weight excluding hydrogens is 374 g/mol. The topological polar surface area (TPSA) is 0 Å². The van der Waals surface area contributed by atoms with Gasteiger partial charge in [-0.1, -0.05) is 129 Å². The first-order chi connectivity index (χ1) is 13.5. The zero-order chi connectivity index (χ0) is 20.9. The van der Waals surface area contributed by atoms with Crippen molar-refractivity contribution in [1.82, 2.24) is 0 Å². The average Bonchev–Trinajstić information content (AvgIpc) is 2.64. The molecule has 0 spiro atoms. The minimum absolute atomic E-state index is 0. The number of nitrogens with zero attached hydrogens (tertiary/aromatic N) is 1. The Kier molecular flexibility index (Phi) is 24.9. The van der Waals surface area contributed by atoms with Gasteiger partial charge in [0, 0.05) is 5.92 Å². The van der Waals surface area contributed by atoms with E-state index < -0.39 is 0 Å². The standard InChI is InChI=1S/C27H58N.ClH/c1-6-8-10-12-14-16-17-19-21-23-25-27(26-28(3,4)5)24-22-20-18-15-13-11-9-7-2;/h27H,6-26H2,1-5H3;1H/q+1;/p-1. The van der Waals surface area contributed by atoms with E-state index in [9.17, 15) is 0 Å². The van der Waals surface area contributed by atoms with E-state index in [2.05, 4.69) is 35.0 Å². The lowest BCUT2D eigenvalue weighted by Gasteiger charge is -2.29. The van der Waals surface area contributed by atoms with Gasteiger partial charge in [-0.3, -0.25) is 0 Å². The number of unbranched alkanes of at least 4 members (excludes halogenated alkanes) is 16. The Morgan fingerprint density at radius 3 is 1.00 bits per heavy atom. The monoisotopic (exact) mass is 431 g/mol. The third-order valence-corrected chi connectivity index (χ3v) is 6.24. The summed E-state index contributed by atoms with van der Waals surface area (Å²) >= 11 is 0. The number of quaternary nitrogens is 1. The van der Waals surface area contributed by atoms with Crippen LogP contribution in [0.15, 0.2) is 0 Å². The summed E-state index contributed by atoms with van der Waals surface area (Å²) in [5.41, 5.74) is 0. The van der Waals surface area contributed by atoms with Gasteiger partial charge in [0.1, 0.15) is 0 Å². The van der Waals surface area contributed by atoms with E-state index in [4.69, 9.17) is 0 Å². The Balaban J connectivity index is 0. The van der Waals surface area contributed by atoms with Gasteiger partial charge >= 0.3 is 0 Å². The lowest BCUT2D eigenvalue weighted by atomic mass is 9.93. The highest BCUT2D eigenvalue weighted by atomic mass is 35.5. The van der Waals surface area contributed by atoms with Crippen LogP contribution in [0, 0.1) is 5.92 Å². The molecule has 0 aromatic heterocycles. The van der Waals surface area contributed by atoms with Gasteiger partial charge in [0.25, 0.3) is 0 Å². The maximum atomic E-state index is 2.37. The van der Waals surface area contributed by atoms with Gasteiger partial charge in [0.05, 0.1) is 27.7 Å². The number of halogens is 1. The molecule has 0 aliphatic carbocycles. The maximum absolute atomic E-state index is 2.37. The SMILES string of the molecule is CCCCCCCCCCCCC(CCCCCCCCCC)C[N+](C)(C)C.[Cl-]. The molecule has 0 heterocycles. The third-order valence-electron chi connectivity index (χ3n) is 6.24. The van der Waals surface area contributed by atoms with Crippen molar-refractivity contribution in [1.29, 1.82) is 0 Å². The zero-order valence-corrected chi connectivity index (χ0v) is 22.0. The van der Waals surface area contributed by atoms with Crippen LogP contribution in [-0.4, -0.2) is 32.2 Å². The van der Waals surface area contributed by atoms with Crippen LogP contribution < -0.4 is 12.4 Å². The van der Waals surface area contributed by atoms with E-state index in [0.717, 1.165) is 10.4 Å². The molecule has 0 fully saturated rings. The van der Waals surface area contributed by atoms with Gasteiger partial charge in [-0.25, -0.2) is 0 Å². The molecule has 0 rings (SSSR count). The van der Waals surface area contributed by atoms with Crippen molar-refractivity contribution >= 4 is 0 Å².